The number of hydrogen-bond acceptors (Lipinski definition) is 1. The average molecular weight is 333 g/mol. The number of nitrogens with one attached hydrogen (secondary N) is 1. The van der Waals surface area contributed by atoms with Gasteiger partial charge < -0.3 is 5.32 Å². The van der Waals surface area contributed by atoms with Crippen molar-refractivity contribution in [2.75, 3.05) is 5.32 Å². The molecule has 5 heteroatoms. The van der Waals surface area contributed by atoms with Crippen LogP contribution in [0.5, 0.6) is 0 Å². The number of benzene rings is 2. The number of hydrogen-bond donors (Lipinski definition) is 1. The Labute approximate surface area is 117 Å². The van der Waals surface area contributed by atoms with Gasteiger partial charge in [-0.15, -0.1) is 0 Å². The van der Waals surface area contributed by atoms with E-state index in [0.717, 1.165) is 28.2 Å². The van der Waals surface area contributed by atoms with Crippen molar-refractivity contribution in [2.24, 2.45) is 0 Å². The molecule has 2 aromatic carbocycles. The van der Waals surface area contributed by atoms with Crippen molar-refractivity contribution in [1.29, 1.82) is 0 Å². The molecular formula is C13H9BrClF2N. The molecule has 0 bridgehead atoms. The number of halogens is 4. The molecule has 0 spiro atoms. The Kier molecular flexibility index (Phi) is 4.19. The third-order valence-electron chi connectivity index (χ3n) is 2.41. The minimum atomic E-state index is -0.491. The fourth-order valence-corrected chi connectivity index (χ4v) is 2.08. The van der Waals surface area contributed by atoms with Crippen molar-refractivity contribution in [1.82, 2.24) is 0 Å². The van der Waals surface area contributed by atoms with Gasteiger partial charge in [0.2, 0.25) is 0 Å². The molecule has 0 aromatic heterocycles. The molecule has 0 aliphatic carbocycles. The normalized spacial score (nSPS) is 10.4. The quantitative estimate of drug-likeness (QED) is 0.834. The van der Waals surface area contributed by atoms with Crippen molar-refractivity contribution in [2.45, 2.75) is 6.54 Å². The molecule has 1 N–H and O–H groups in total. The van der Waals surface area contributed by atoms with E-state index in [1.807, 2.05) is 0 Å². The highest BCUT2D eigenvalue weighted by Gasteiger charge is 2.05. The molecule has 0 atom stereocenters. The second-order valence-electron chi connectivity index (χ2n) is 3.71. The summed E-state index contributed by atoms with van der Waals surface area (Å²) in [5, 5.41) is 3.43. The topological polar surface area (TPSA) is 12.0 Å². The van der Waals surface area contributed by atoms with E-state index in [4.69, 9.17) is 11.6 Å². The highest BCUT2D eigenvalue weighted by Crippen LogP contribution is 2.23. The van der Waals surface area contributed by atoms with Crippen LogP contribution in [0.2, 0.25) is 5.02 Å². The van der Waals surface area contributed by atoms with Crippen LogP contribution in [0.4, 0.5) is 14.5 Å². The fourth-order valence-electron chi connectivity index (χ4n) is 1.50. The van der Waals surface area contributed by atoms with E-state index in [9.17, 15) is 8.78 Å². The van der Waals surface area contributed by atoms with Crippen LogP contribution in [0.25, 0.3) is 0 Å². The van der Waals surface area contributed by atoms with E-state index in [1.54, 1.807) is 18.2 Å². The van der Waals surface area contributed by atoms with Crippen molar-refractivity contribution in [3.63, 3.8) is 0 Å². The first kappa shape index (κ1) is 13.3. The van der Waals surface area contributed by atoms with Crippen LogP contribution in [-0.4, -0.2) is 0 Å². The summed E-state index contributed by atoms with van der Waals surface area (Å²) in [5.41, 5.74) is 0.994. The molecule has 0 unspecified atom stereocenters. The van der Waals surface area contributed by atoms with Crippen LogP contribution in [-0.2, 0) is 6.54 Å². The van der Waals surface area contributed by atoms with Gasteiger partial charge in [-0.2, -0.15) is 0 Å². The van der Waals surface area contributed by atoms with E-state index < -0.39 is 11.6 Å². The molecule has 2 rings (SSSR count). The van der Waals surface area contributed by atoms with E-state index in [1.165, 1.54) is 0 Å². The maximum absolute atomic E-state index is 13.4. The first-order valence-electron chi connectivity index (χ1n) is 5.19. The summed E-state index contributed by atoms with van der Waals surface area (Å²) in [6, 6.07) is 8.60. The fraction of sp³-hybridized carbons (Fsp3) is 0.0769. The van der Waals surface area contributed by atoms with Gasteiger partial charge in [0.25, 0.3) is 0 Å². The molecule has 0 aliphatic rings. The van der Waals surface area contributed by atoms with E-state index in [-0.39, 0.29) is 5.69 Å². The molecule has 0 heterocycles. The van der Waals surface area contributed by atoms with E-state index in [0.29, 0.717) is 11.6 Å². The second kappa shape index (κ2) is 5.67. The van der Waals surface area contributed by atoms with Gasteiger partial charge >= 0.3 is 0 Å². The van der Waals surface area contributed by atoms with Crippen LogP contribution in [0.3, 0.4) is 0 Å². The van der Waals surface area contributed by atoms with Gasteiger partial charge in [0, 0.05) is 16.0 Å². The number of anilines is 1. The zero-order valence-corrected chi connectivity index (χ0v) is 11.5. The first-order valence-corrected chi connectivity index (χ1v) is 6.36. The monoisotopic (exact) mass is 331 g/mol. The molecule has 0 fully saturated rings. The Bertz CT molecular complexity index is 523. The predicted octanol–water partition coefficient (Wildman–Crippen LogP) is 4.99. The maximum Gasteiger partial charge on any atom is 0.146 e. The molecular weight excluding hydrogens is 324 g/mol. The van der Waals surface area contributed by atoms with Gasteiger partial charge in [0.05, 0.1) is 5.69 Å². The van der Waals surface area contributed by atoms with E-state index >= 15 is 0 Å². The third-order valence-corrected chi connectivity index (χ3v) is 3.41. The molecule has 18 heavy (non-hydrogen) atoms. The zero-order valence-electron chi connectivity index (χ0n) is 9.18. The Morgan fingerprint density at radius 3 is 2.67 bits per heavy atom. The van der Waals surface area contributed by atoms with Crippen LogP contribution < -0.4 is 5.32 Å². The minimum absolute atomic E-state index is 0.127. The Hall–Kier alpha value is -1.13. The summed E-state index contributed by atoms with van der Waals surface area (Å²) in [7, 11) is 0. The van der Waals surface area contributed by atoms with Gasteiger partial charge in [-0.1, -0.05) is 27.5 Å². The molecule has 0 radical (unpaired) electrons. The maximum atomic E-state index is 13.4. The predicted molar refractivity (Wildman–Crippen MR) is 72.8 cm³/mol. The molecule has 94 valence electrons. The van der Waals surface area contributed by atoms with Gasteiger partial charge in [-0.05, 0) is 42.0 Å². The van der Waals surface area contributed by atoms with Gasteiger partial charge in [0.15, 0.2) is 0 Å². The van der Waals surface area contributed by atoms with Gasteiger partial charge in [0.1, 0.15) is 11.6 Å². The minimum Gasteiger partial charge on any atom is -0.378 e. The van der Waals surface area contributed by atoms with Crippen LogP contribution in [0.1, 0.15) is 5.56 Å². The van der Waals surface area contributed by atoms with Gasteiger partial charge in [-0.3, -0.25) is 0 Å². The standard InChI is InChI=1S/C13H9BrClF2N/c14-11-3-1-9(15)5-8(11)7-18-13-6-10(16)2-4-12(13)17/h1-6,18H,7H2. The van der Waals surface area contributed by atoms with Gasteiger partial charge in [-0.25, -0.2) is 8.78 Å². The molecule has 0 amide bonds. The lowest BCUT2D eigenvalue weighted by Crippen LogP contribution is -2.02. The molecule has 1 nitrogen and oxygen atoms in total. The van der Waals surface area contributed by atoms with Crippen molar-refractivity contribution in [3.05, 3.63) is 63.1 Å². The lowest BCUT2D eigenvalue weighted by molar-refractivity contribution is 0.602. The Balaban J connectivity index is 2.16. The zero-order chi connectivity index (χ0) is 13.1. The van der Waals surface area contributed by atoms with Crippen LogP contribution in [0.15, 0.2) is 40.9 Å². The number of rotatable bonds is 3. The lowest BCUT2D eigenvalue weighted by Gasteiger charge is -2.09. The molecule has 0 saturated heterocycles. The Morgan fingerprint density at radius 1 is 1.11 bits per heavy atom. The summed E-state index contributed by atoms with van der Waals surface area (Å²) in [4.78, 5) is 0. The lowest BCUT2D eigenvalue weighted by atomic mass is 10.2. The summed E-state index contributed by atoms with van der Waals surface area (Å²) < 4.78 is 27.2. The van der Waals surface area contributed by atoms with Crippen molar-refractivity contribution >= 4 is 33.2 Å². The highest BCUT2D eigenvalue weighted by atomic mass is 79.9. The summed E-state index contributed by atoms with van der Waals surface area (Å²) in [6.07, 6.45) is 0. The van der Waals surface area contributed by atoms with Crippen LogP contribution >= 0.6 is 27.5 Å². The average Bonchev–Trinajstić information content (AvgIpc) is 2.34. The molecule has 0 aliphatic heterocycles. The summed E-state index contributed by atoms with van der Waals surface area (Å²) >= 11 is 9.24. The Morgan fingerprint density at radius 2 is 1.89 bits per heavy atom. The smallest absolute Gasteiger partial charge is 0.146 e. The highest BCUT2D eigenvalue weighted by molar-refractivity contribution is 9.10. The summed E-state index contributed by atoms with van der Waals surface area (Å²) in [5.74, 6) is -0.974. The largest absolute Gasteiger partial charge is 0.378 e. The van der Waals surface area contributed by atoms with E-state index in [2.05, 4.69) is 21.2 Å². The van der Waals surface area contributed by atoms with Crippen molar-refractivity contribution in [3.8, 4) is 0 Å². The first-order chi connectivity index (χ1) is 8.56. The summed E-state index contributed by atoms with van der Waals surface area (Å²) in [6.45, 7) is 0.349. The van der Waals surface area contributed by atoms with Crippen LogP contribution in [0, 0.1) is 11.6 Å². The third kappa shape index (κ3) is 3.21. The SMILES string of the molecule is Fc1ccc(F)c(NCc2cc(Cl)ccc2Br)c1. The molecule has 0 saturated carbocycles. The molecule has 2 aromatic rings. The van der Waals surface area contributed by atoms with Crippen molar-refractivity contribution < 1.29 is 8.78 Å². The second-order valence-corrected chi connectivity index (χ2v) is 5.00.